The molecule has 20 heavy (non-hydrogen) atoms. The second kappa shape index (κ2) is 5.94. The van der Waals surface area contributed by atoms with Crippen molar-refractivity contribution in [2.75, 3.05) is 0 Å². The molecule has 0 atom stereocenters. The first-order valence-electron chi connectivity index (χ1n) is 5.45. The summed E-state index contributed by atoms with van der Waals surface area (Å²) in [6.45, 7) is 0.00369. The Labute approximate surface area is 129 Å². The topological polar surface area (TPSA) is 96.6 Å². The van der Waals surface area contributed by atoms with Crippen LogP contribution in [0.1, 0.15) is 16.1 Å². The van der Waals surface area contributed by atoms with Crippen LogP contribution >= 0.6 is 22.6 Å². The largest absolute Gasteiger partial charge is 0.478 e. The molecule has 0 aliphatic heterocycles. The van der Waals surface area contributed by atoms with Crippen molar-refractivity contribution in [2.24, 2.45) is 0 Å². The van der Waals surface area contributed by atoms with Crippen LogP contribution in [0.5, 0.6) is 0 Å². The SMILES string of the molecule is O=C(O)c1cc(S(=O)(=O)NCc2ccco2)ccc1I. The van der Waals surface area contributed by atoms with E-state index in [1.165, 1.54) is 18.4 Å². The first kappa shape index (κ1) is 15.0. The minimum absolute atomic E-state index is 0.00369. The van der Waals surface area contributed by atoms with Gasteiger partial charge in [0.15, 0.2) is 0 Å². The van der Waals surface area contributed by atoms with Crippen molar-refractivity contribution in [3.63, 3.8) is 0 Å². The highest BCUT2D eigenvalue weighted by Gasteiger charge is 2.18. The Morgan fingerprint density at radius 3 is 2.70 bits per heavy atom. The molecule has 0 spiro atoms. The molecule has 8 heteroatoms. The van der Waals surface area contributed by atoms with Gasteiger partial charge in [-0.05, 0) is 52.9 Å². The van der Waals surface area contributed by atoms with Crippen LogP contribution in [0.15, 0.2) is 45.9 Å². The number of carboxylic acids is 1. The number of carboxylic acid groups (broad SMARTS) is 1. The molecule has 106 valence electrons. The first-order valence-corrected chi connectivity index (χ1v) is 8.01. The van der Waals surface area contributed by atoms with E-state index < -0.39 is 16.0 Å². The summed E-state index contributed by atoms with van der Waals surface area (Å²) in [6.07, 6.45) is 1.44. The fourth-order valence-corrected chi connectivity index (χ4v) is 3.08. The van der Waals surface area contributed by atoms with Crippen molar-refractivity contribution in [3.8, 4) is 0 Å². The molecule has 2 aromatic rings. The molecule has 2 N–H and O–H groups in total. The van der Waals surface area contributed by atoms with Gasteiger partial charge in [0.2, 0.25) is 10.0 Å². The van der Waals surface area contributed by atoms with Gasteiger partial charge in [-0.1, -0.05) is 0 Å². The van der Waals surface area contributed by atoms with Gasteiger partial charge >= 0.3 is 5.97 Å². The van der Waals surface area contributed by atoms with Crippen molar-refractivity contribution >= 4 is 38.6 Å². The van der Waals surface area contributed by atoms with Crippen LogP contribution in [0, 0.1) is 3.57 Å². The number of furan rings is 1. The van der Waals surface area contributed by atoms with Crippen molar-refractivity contribution in [1.82, 2.24) is 4.72 Å². The van der Waals surface area contributed by atoms with E-state index in [9.17, 15) is 13.2 Å². The van der Waals surface area contributed by atoms with Crippen molar-refractivity contribution in [2.45, 2.75) is 11.4 Å². The molecule has 0 amide bonds. The molecular formula is C12H10INO5S. The number of hydrogen-bond donors (Lipinski definition) is 2. The summed E-state index contributed by atoms with van der Waals surface area (Å²) in [6, 6.07) is 7.23. The van der Waals surface area contributed by atoms with Gasteiger partial charge < -0.3 is 9.52 Å². The summed E-state index contributed by atoms with van der Waals surface area (Å²) >= 11 is 1.84. The van der Waals surface area contributed by atoms with Gasteiger partial charge in [-0.15, -0.1) is 0 Å². The summed E-state index contributed by atoms with van der Waals surface area (Å²) < 4.78 is 32.0. The van der Waals surface area contributed by atoms with Gasteiger partial charge in [-0.3, -0.25) is 0 Å². The lowest BCUT2D eigenvalue weighted by molar-refractivity contribution is 0.0695. The van der Waals surface area contributed by atoms with Crippen LogP contribution in [0.3, 0.4) is 0 Å². The van der Waals surface area contributed by atoms with Crippen LogP contribution in [-0.4, -0.2) is 19.5 Å². The van der Waals surface area contributed by atoms with Crippen molar-refractivity contribution in [3.05, 3.63) is 51.5 Å². The predicted octanol–water partition coefficient (Wildman–Crippen LogP) is 2.06. The van der Waals surface area contributed by atoms with E-state index in [1.807, 2.05) is 22.6 Å². The third-order valence-electron chi connectivity index (χ3n) is 2.50. The van der Waals surface area contributed by atoms with Gasteiger partial charge in [0, 0.05) is 3.57 Å². The Morgan fingerprint density at radius 1 is 1.35 bits per heavy atom. The Hall–Kier alpha value is -1.39. The number of nitrogens with one attached hydrogen (secondary N) is 1. The summed E-state index contributed by atoms with van der Waals surface area (Å²) in [5, 5.41) is 9.00. The summed E-state index contributed by atoms with van der Waals surface area (Å²) in [5.41, 5.74) is -0.0496. The molecule has 0 aliphatic rings. The molecular weight excluding hydrogens is 397 g/mol. The average Bonchev–Trinajstić information content (AvgIpc) is 2.89. The smallest absolute Gasteiger partial charge is 0.336 e. The highest BCUT2D eigenvalue weighted by Crippen LogP contribution is 2.18. The highest BCUT2D eigenvalue weighted by atomic mass is 127. The number of halogens is 1. The third kappa shape index (κ3) is 3.38. The maximum atomic E-state index is 12.1. The molecule has 0 aliphatic carbocycles. The number of aromatic carboxylic acids is 1. The predicted molar refractivity (Wildman–Crippen MR) is 78.9 cm³/mol. The third-order valence-corrected chi connectivity index (χ3v) is 4.83. The first-order chi connectivity index (χ1) is 9.40. The number of hydrogen-bond acceptors (Lipinski definition) is 4. The summed E-state index contributed by atoms with van der Waals surface area (Å²) in [4.78, 5) is 10.9. The normalized spacial score (nSPS) is 11.4. The lowest BCUT2D eigenvalue weighted by Gasteiger charge is -2.07. The fraction of sp³-hybridized carbons (Fsp3) is 0.0833. The monoisotopic (exact) mass is 407 g/mol. The van der Waals surface area contributed by atoms with E-state index in [2.05, 4.69) is 4.72 Å². The van der Waals surface area contributed by atoms with Crippen molar-refractivity contribution in [1.29, 1.82) is 0 Å². The lowest BCUT2D eigenvalue weighted by atomic mass is 10.2. The second-order valence-electron chi connectivity index (χ2n) is 3.85. The van der Waals surface area contributed by atoms with Crippen LogP contribution in [0.25, 0.3) is 0 Å². The van der Waals surface area contributed by atoms with E-state index in [0.717, 1.165) is 6.07 Å². The van der Waals surface area contributed by atoms with E-state index in [4.69, 9.17) is 9.52 Å². The minimum atomic E-state index is -3.79. The van der Waals surface area contributed by atoms with Gasteiger partial charge in [0.05, 0.1) is 23.3 Å². The number of carbonyl (C=O) groups is 1. The number of rotatable bonds is 5. The molecule has 0 fully saturated rings. The Balaban J connectivity index is 2.25. The zero-order valence-electron chi connectivity index (χ0n) is 10.0. The van der Waals surface area contributed by atoms with Crippen molar-refractivity contribution < 1.29 is 22.7 Å². The van der Waals surface area contributed by atoms with Crippen LogP contribution < -0.4 is 4.72 Å². The second-order valence-corrected chi connectivity index (χ2v) is 6.78. The molecule has 0 unspecified atom stereocenters. The molecule has 1 aromatic heterocycles. The average molecular weight is 407 g/mol. The quantitative estimate of drug-likeness (QED) is 0.740. The number of sulfonamides is 1. The zero-order valence-corrected chi connectivity index (χ0v) is 13.0. The van der Waals surface area contributed by atoms with Crippen LogP contribution in [-0.2, 0) is 16.6 Å². The molecule has 6 nitrogen and oxygen atoms in total. The lowest BCUT2D eigenvalue weighted by Crippen LogP contribution is -2.23. The highest BCUT2D eigenvalue weighted by molar-refractivity contribution is 14.1. The Bertz CT molecular complexity index is 724. The maximum absolute atomic E-state index is 12.1. The Kier molecular flexibility index (Phi) is 4.45. The van der Waals surface area contributed by atoms with Gasteiger partial charge in [0.1, 0.15) is 5.76 Å². The van der Waals surface area contributed by atoms with E-state index in [0.29, 0.717) is 9.33 Å². The van der Waals surface area contributed by atoms with Crippen LogP contribution in [0.2, 0.25) is 0 Å². The zero-order chi connectivity index (χ0) is 14.8. The molecule has 1 heterocycles. The molecule has 0 bridgehead atoms. The molecule has 0 radical (unpaired) electrons. The van der Waals surface area contributed by atoms with Gasteiger partial charge in [-0.25, -0.2) is 17.9 Å². The molecule has 0 saturated heterocycles. The summed E-state index contributed by atoms with van der Waals surface area (Å²) in [7, 11) is -3.79. The van der Waals surface area contributed by atoms with Gasteiger partial charge in [0.25, 0.3) is 0 Å². The summed E-state index contributed by atoms with van der Waals surface area (Å²) in [5.74, 6) is -0.699. The molecule has 2 rings (SSSR count). The fourth-order valence-electron chi connectivity index (χ4n) is 1.50. The number of benzene rings is 1. The minimum Gasteiger partial charge on any atom is -0.478 e. The van der Waals surface area contributed by atoms with E-state index in [-0.39, 0.29) is 17.0 Å². The van der Waals surface area contributed by atoms with Crippen LogP contribution in [0.4, 0.5) is 0 Å². The molecule has 1 aromatic carbocycles. The molecule has 0 saturated carbocycles. The van der Waals surface area contributed by atoms with Gasteiger partial charge in [-0.2, -0.15) is 0 Å². The standard InChI is InChI=1S/C12H10INO5S/c13-11-4-3-9(6-10(11)12(15)16)20(17,18)14-7-8-2-1-5-19-8/h1-6,14H,7H2,(H,15,16). The maximum Gasteiger partial charge on any atom is 0.336 e. The van der Waals surface area contributed by atoms with E-state index in [1.54, 1.807) is 12.1 Å². The van der Waals surface area contributed by atoms with E-state index >= 15 is 0 Å². The Morgan fingerprint density at radius 2 is 2.10 bits per heavy atom.